The number of ketones is 1. The molecule has 0 bridgehead atoms. The predicted molar refractivity (Wildman–Crippen MR) is 353 cm³/mol. The number of carbonyl (C=O) groups excluding carboxylic acids is 2. The van der Waals surface area contributed by atoms with Gasteiger partial charge in [0.1, 0.15) is 42.4 Å². The fraction of sp³-hybridized carbons (Fsp3) is 0.658. The van der Waals surface area contributed by atoms with Crippen molar-refractivity contribution in [3.63, 3.8) is 0 Å². The van der Waals surface area contributed by atoms with Gasteiger partial charge in [-0.2, -0.15) is 0 Å². The van der Waals surface area contributed by atoms with E-state index < -0.39 is 91.8 Å². The Morgan fingerprint density at radius 3 is 1.29 bits per heavy atom. The third-order valence-electron chi connectivity index (χ3n) is 18.0. The quantitative estimate of drug-likeness (QED) is 0.0281. The Labute approximate surface area is 540 Å². The highest BCUT2D eigenvalue weighted by molar-refractivity contribution is 5.91. The molecule has 2 fully saturated rings. The molecule has 3 N–H and O–H groups in total. The van der Waals surface area contributed by atoms with E-state index in [0.29, 0.717) is 18.6 Å². The third kappa shape index (κ3) is 25.7. The highest BCUT2D eigenvalue weighted by Crippen LogP contribution is 2.41. The van der Waals surface area contributed by atoms with Gasteiger partial charge in [0.2, 0.25) is 6.29 Å². The minimum absolute atomic E-state index is 0.00870. The number of esters is 1. The van der Waals surface area contributed by atoms with Crippen molar-refractivity contribution in [2.75, 3.05) is 20.3 Å². The number of aliphatic hydroxyl groups excluding tert-OH is 2. The van der Waals surface area contributed by atoms with Gasteiger partial charge in [-0.25, -0.2) is 0 Å². The Bertz CT molecular complexity index is 2450. The fourth-order valence-electron chi connectivity index (χ4n) is 12.6. The maximum Gasteiger partial charge on any atom is 0.306 e. The lowest BCUT2D eigenvalue weighted by Crippen LogP contribution is -2.74. The van der Waals surface area contributed by atoms with E-state index in [1.54, 1.807) is 14.0 Å². The van der Waals surface area contributed by atoms with Crippen LogP contribution in [-0.2, 0) is 73.9 Å². The number of ether oxygens (including phenoxy) is 9. The van der Waals surface area contributed by atoms with Crippen LogP contribution in [0.25, 0.3) is 0 Å². The Balaban J connectivity index is 1.29. The van der Waals surface area contributed by atoms with E-state index in [-0.39, 0.29) is 32.8 Å². The first-order valence-electron chi connectivity index (χ1n) is 35.0. The minimum atomic E-state index is -2.62. The van der Waals surface area contributed by atoms with Crippen molar-refractivity contribution in [1.82, 2.24) is 0 Å². The summed E-state index contributed by atoms with van der Waals surface area (Å²) in [7, 11) is 1.60. The Morgan fingerprint density at radius 2 is 0.844 bits per heavy atom. The second kappa shape index (κ2) is 44.1. The molecule has 14 heteroatoms. The lowest BCUT2D eigenvalue weighted by molar-refractivity contribution is -0.395. The molecule has 0 spiro atoms. The second-order valence-corrected chi connectivity index (χ2v) is 25.3. The van der Waals surface area contributed by atoms with Gasteiger partial charge in [-0.1, -0.05) is 291 Å². The number of hydrogen-bond donors (Lipinski definition) is 3. The van der Waals surface area contributed by atoms with E-state index in [1.807, 2.05) is 115 Å². The summed E-state index contributed by atoms with van der Waals surface area (Å²) in [4.78, 5) is 30.3. The number of methoxy groups -OCH3 is 1. The largest absolute Gasteiger partial charge is 0.497 e. The van der Waals surface area contributed by atoms with E-state index >= 15 is 4.79 Å². The van der Waals surface area contributed by atoms with Gasteiger partial charge in [-0.15, -0.1) is 0 Å². The van der Waals surface area contributed by atoms with Crippen LogP contribution in [0.3, 0.4) is 0 Å². The molecule has 0 aromatic heterocycles. The molecule has 6 rings (SSSR count). The topological polar surface area (TPSA) is 178 Å². The van der Waals surface area contributed by atoms with Crippen molar-refractivity contribution in [2.45, 2.75) is 294 Å². The molecule has 0 saturated carbocycles. The van der Waals surface area contributed by atoms with Crippen molar-refractivity contribution < 1.29 is 67.5 Å². The molecule has 502 valence electrons. The third-order valence-corrected chi connectivity index (χ3v) is 18.0. The summed E-state index contributed by atoms with van der Waals surface area (Å²) >= 11 is 0. The first-order valence-corrected chi connectivity index (χ1v) is 35.0. The zero-order valence-corrected chi connectivity index (χ0v) is 55.3. The maximum atomic E-state index is 15.7. The van der Waals surface area contributed by atoms with Gasteiger partial charge < -0.3 is 58.0 Å². The summed E-state index contributed by atoms with van der Waals surface area (Å²) in [5, 5.41) is 36.5. The average molecular weight is 1250 g/mol. The Morgan fingerprint density at radius 1 is 0.456 bits per heavy atom. The number of hydrogen-bond acceptors (Lipinski definition) is 14. The number of carbonyl (C=O) groups is 2. The van der Waals surface area contributed by atoms with E-state index in [0.717, 1.165) is 73.6 Å². The van der Waals surface area contributed by atoms with Crippen molar-refractivity contribution in [3.05, 3.63) is 138 Å². The van der Waals surface area contributed by atoms with Crippen LogP contribution in [-0.4, -0.2) is 108 Å². The molecule has 0 radical (unpaired) electrons. The zero-order valence-electron chi connectivity index (χ0n) is 55.3. The summed E-state index contributed by atoms with van der Waals surface area (Å²) in [6, 6.07) is 36.1. The highest BCUT2D eigenvalue weighted by Gasteiger charge is 2.65. The lowest BCUT2D eigenvalue weighted by atomic mass is 9.75. The molecule has 0 amide bonds. The molecule has 4 aromatic rings. The molecule has 2 aliphatic rings. The van der Waals surface area contributed by atoms with E-state index in [9.17, 15) is 20.1 Å². The van der Waals surface area contributed by atoms with Gasteiger partial charge in [0.25, 0.3) is 0 Å². The molecular formula is C76H114O14. The minimum Gasteiger partial charge on any atom is -0.497 e. The zero-order chi connectivity index (χ0) is 63.9. The van der Waals surface area contributed by atoms with E-state index in [2.05, 4.69) is 13.8 Å². The van der Waals surface area contributed by atoms with Crippen molar-refractivity contribution >= 4 is 11.8 Å². The maximum absolute atomic E-state index is 15.7. The summed E-state index contributed by atoms with van der Waals surface area (Å²) in [6.45, 7) is 5.28. The molecule has 0 unspecified atom stereocenters. The van der Waals surface area contributed by atoms with Crippen molar-refractivity contribution in [1.29, 1.82) is 0 Å². The number of Topliss-reactive ketones (excluding diaryl/α,β-unsaturated/α-hetero) is 1. The molecule has 0 aliphatic carbocycles. The summed E-state index contributed by atoms with van der Waals surface area (Å²) < 4.78 is 59.5. The second-order valence-electron chi connectivity index (χ2n) is 25.3. The summed E-state index contributed by atoms with van der Waals surface area (Å²) in [5.41, 5.74) is 0.652. The first kappa shape index (κ1) is 74.5. The Hall–Kier alpha value is -4.58. The van der Waals surface area contributed by atoms with Gasteiger partial charge >= 0.3 is 5.97 Å². The number of unbranched alkanes of at least 4 members (excludes halogenated alkanes) is 25. The SMILES string of the molecule is CCCCCCCCCCCCCCCC[C@H](C)C(=O)[C@]1(O)[C@H](OCc2ccccc2)[C@@H](CO)O[C@H](O[C@H]2O[C@H](CO)[C@@H](OCc3ccccc3)[C@H](OCc3ccccc3)[C@H]2OCc2ccc(OC)cc2)[C@@H]1OC(=O)CCCCCCCCCCCCCCC. The first-order chi connectivity index (χ1) is 44.1. The normalized spacial score (nSPS) is 22.9. The summed E-state index contributed by atoms with van der Waals surface area (Å²) in [6.07, 6.45) is 19.7. The summed E-state index contributed by atoms with van der Waals surface area (Å²) in [5.74, 6) is -1.35. The average Bonchev–Trinajstić information content (AvgIpc) is 0.785. The van der Waals surface area contributed by atoms with Crippen LogP contribution in [0.5, 0.6) is 5.75 Å². The monoisotopic (exact) mass is 1250 g/mol. The molecule has 11 atom stereocenters. The van der Waals surface area contributed by atoms with Crippen LogP contribution in [0.4, 0.5) is 0 Å². The van der Waals surface area contributed by atoms with E-state index in [1.165, 1.54) is 116 Å². The molecule has 2 saturated heterocycles. The fourth-order valence-corrected chi connectivity index (χ4v) is 12.6. The number of benzene rings is 4. The van der Waals surface area contributed by atoms with Crippen LogP contribution in [0.15, 0.2) is 115 Å². The molecule has 4 aromatic carbocycles. The number of aliphatic hydroxyl groups is 3. The van der Waals surface area contributed by atoms with Crippen LogP contribution in [0.2, 0.25) is 0 Å². The molecular weight excluding hydrogens is 1140 g/mol. The smallest absolute Gasteiger partial charge is 0.306 e. The van der Waals surface area contributed by atoms with Crippen molar-refractivity contribution in [3.8, 4) is 5.75 Å². The predicted octanol–water partition coefficient (Wildman–Crippen LogP) is 16.0. The van der Waals surface area contributed by atoms with Gasteiger partial charge in [-0.3, -0.25) is 9.59 Å². The van der Waals surface area contributed by atoms with Gasteiger partial charge in [-0.05, 0) is 47.2 Å². The molecule has 90 heavy (non-hydrogen) atoms. The lowest BCUT2D eigenvalue weighted by Gasteiger charge is -2.52. The molecule has 14 nitrogen and oxygen atoms in total. The number of rotatable bonds is 49. The van der Waals surface area contributed by atoms with Gasteiger partial charge in [0.05, 0.1) is 46.8 Å². The standard InChI is InChI=1S/C76H114O14/c1-5-7-9-11-13-15-17-19-21-22-24-26-28-33-41-59(3)71(80)76(81)72(86-58-62-46-38-32-39-47-62)66(54-78)88-75(73(76)89-67(79)48-40-29-27-25-23-20-18-16-14-12-10-8-6-2)90-74-70(85-57-63-49-51-64(82-4)52-50-63)69(84-56-61-44-36-31-37-45-61)68(65(53-77)87-74)83-55-60-42-34-30-35-43-60/h30-32,34-39,42-47,49-52,59,65-66,68-70,72-75,77-78,81H,5-29,33,40-41,48,53-58H2,1-4H3/t59-,65+,66+,68+,69-,70+,72+,73-,74+,75+,76-/m0/s1. The highest BCUT2D eigenvalue weighted by atomic mass is 16.8. The van der Waals surface area contributed by atoms with E-state index in [4.69, 9.17) is 42.6 Å². The van der Waals surface area contributed by atoms with Crippen LogP contribution < -0.4 is 4.74 Å². The van der Waals surface area contributed by atoms with Gasteiger partial charge in [0.15, 0.2) is 23.8 Å². The Kier molecular flexibility index (Phi) is 36.5. The molecule has 2 heterocycles. The van der Waals surface area contributed by atoms with Gasteiger partial charge in [0, 0.05) is 12.3 Å². The van der Waals surface area contributed by atoms with Crippen LogP contribution >= 0.6 is 0 Å². The van der Waals surface area contributed by atoms with Crippen LogP contribution in [0.1, 0.15) is 229 Å². The van der Waals surface area contributed by atoms with Crippen LogP contribution in [0, 0.1) is 5.92 Å². The van der Waals surface area contributed by atoms with Crippen molar-refractivity contribution in [2.24, 2.45) is 5.92 Å². The molecule has 2 aliphatic heterocycles.